The average Bonchev–Trinajstić information content (AvgIpc) is 3.23. The monoisotopic (exact) mass is 455 g/mol. The molecule has 2 amide bonds. The molecule has 0 aliphatic carbocycles. The Bertz CT molecular complexity index is 884. The summed E-state index contributed by atoms with van der Waals surface area (Å²) < 4.78 is 31.7. The molecule has 0 radical (unpaired) electrons. The average molecular weight is 455 g/mol. The molecule has 1 heterocycles. The molecule has 174 valence electrons. The third-order valence-electron chi connectivity index (χ3n) is 3.82. The minimum atomic E-state index is -5.08. The number of rotatable bonds is 8. The van der Waals surface area contributed by atoms with Crippen LogP contribution in [0, 0.1) is 0 Å². The number of hydrogen-bond acceptors (Lipinski definition) is 5. The van der Waals surface area contributed by atoms with E-state index >= 15 is 0 Å². The molecule has 9 nitrogen and oxygen atoms in total. The SMILES string of the molecule is C[C@H](N)C(=O)N[C@H](C=CC(=O)Nc1cn[nH]c1)CCc1ccccc1.O=C(O)C(F)(F)F. The molecule has 0 spiro atoms. The van der Waals surface area contributed by atoms with E-state index in [0.29, 0.717) is 12.1 Å². The Labute approximate surface area is 181 Å². The van der Waals surface area contributed by atoms with Crippen LogP contribution in [-0.4, -0.2) is 51.3 Å². The van der Waals surface area contributed by atoms with Crippen LogP contribution in [0.2, 0.25) is 0 Å². The third-order valence-corrected chi connectivity index (χ3v) is 3.82. The molecule has 0 saturated heterocycles. The van der Waals surface area contributed by atoms with E-state index in [0.717, 1.165) is 6.42 Å². The van der Waals surface area contributed by atoms with Crippen LogP contribution in [0.3, 0.4) is 0 Å². The Kier molecular flexibility index (Phi) is 10.6. The highest BCUT2D eigenvalue weighted by molar-refractivity contribution is 5.99. The molecule has 2 atom stereocenters. The zero-order valence-corrected chi connectivity index (χ0v) is 17.1. The molecule has 2 aromatic rings. The lowest BCUT2D eigenvalue weighted by Crippen LogP contribution is -2.43. The second kappa shape index (κ2) is 12.9. The van der Waals surface area contributed by atoms with Crippen molar-refractivity contribution in [2.45, 2.75) is 38.0 Å². The van der Waals surface area contributed by atoms with Crippen molar-refractivity contribution >= 4 is 23.5 Å². The molecule has 32 heavy (non-hydrogen) atoms. The normalized spacial score (nSPS) is 12.9. The second-order valence-electron chi connectivity index (χ2n) is 6.57. The minimum Gasteiger partial charge on any atom is -0.475 e. The number of amides is 2. The van der Waals surface area contributed by atoms with E-state index in [1.165, 1.54) is 17.8 Å². The Morgan fingerprint density at radius 3 is 2.38 bits per heavy atom. The molecule has 1 aromatic carbocycles. The van der Waals surface area contributed by atoms with Gasteiger partial charge < -0.3 is 21.5 Å². The summed E-state index contributed by atoms with van der Waals surface area (Å²) in [5.41, 5.74) is 7.36. The predicted octanol–water partition coefficient (Wildman–Crippen LogP) is 2.00. The van der Waals surface area contributed by atoms with Gasteiger partial charge in [-0.05, 0) is 25.3 Å². The van der Waals surface area contributed by atoms with Crippen LogP contribution in [0.5, 0.6) is 0 Å². The van der Waals surface area contributed by atoms with Crippen molar-refractivity contribution < 1.29 is 32.7 Å². The highest BCUT2D eigenvalue weighted by Gasteiger charge is 2.38. The largest absolute Gasteiger partial charge is 0.490 e. The van der Waals surface area contributed by atoms with E-state index in [2.05, 4.69) is 20.8 Å². The first kappa shape index (κ1) is 26.4. The molecule has 0 fully saturated rings. The van der Waals surface area contributed by atoms with Crippen LogP contribution in [0.25, 0.3) is 0 Å². The van der Waals surface area contributed by atoms with Gasteiger partial charge in [-0.3, -0.25) is 14.7 Å². The zero-order chi connectivity index (χ0) is 24.1. The molecule has 1 aromatic heterocycles. The van der Waals surface area contributed by atoms with Crippen molar-refractivity contribution in [1.29, 1.82) is 0 Å². The van der Waals surface area contributed by atoms with E-state index in [1.807, 2.05) is 30.3 Å². The van der Waals surface area contributed by atoms with Crippen molar-refractivity contribution in [1.82, 2.24) is 15.5 Å². The molecule has 6 N–H and O–H groups in total. The van der Waals surface area contributed by atoms with Gasteiger partial charge in [-0.25, -0.2) is 4.79 Å². The van der Waals surface area contributed by atoms with E-state index in [9.17, 15) is 22.8 Å². The number of aryl methyl sites for hydroxylation is 1. The fourth-order valence-corrected chi connectivity index (χ4v) is 2.20. The van der Waals surface area contributed by atoms with Crippen molar-refractivity contribution in [3.8, 4) is 0 Å². The molecule has 0 aliphatic heterocycles. The zero-order valence-electron chi connectivity index (χ0n) is 17.1. The van der Waals surface area contributed by atoms with Gasteiger partial charge in [0.25, 0.3) is 0 Å². The number of carboxylic acid groups (broad SMARTS) is 1. The minimum absolute atomic E-state index is 0.252. The highest BCUT2D eigenvalue weighted by Crippen LogP contribution is 2.13. The van der Waals surface area contributed by atoms with Gasteiger partial charge in [0.2, 0.25) is 11.8 Å². The number of hydrogen-bond donors (Lipinski definition) is 5. The van der Waals surface area contributed by atoms with Crippen LogP contribution in [0.4, 0.5) is 18.9 Å². The van der Waals surface area contributed by atoms with Crippen LogP contribution in [0.1, 0.15) is 18.9 Å². The van der Waals surface area contributed by atoms with Gasteiger partial charge in [-0.15, -0.1) is 0 Å². The lowest BCUT2D eigenvalue weighted by molar-refractivity contribution is -0.192. The maximum atomic E-state index is 11.9. The molecule has 12 heteroatoms. The molecular formula is C20H24F3N5O4. The lowest BCUT2D eigenvalue weighted by Gasteiger charge is -2.17. The Hall–Kier alpha value is -3.67. The van der Waals surface area contributed by atoms with Crippen LogP contribution >= 0.6 is 0 Å². The van der Waals surface area contributed by atoms with Gasteiger partial charge >= 0.3 is 12.1 Å². The van der Waals surface area contributed by atoms with Crippen LogP contribution in [-0.2, 0) is 20.8 Å². The lowest BCUT2D eigenvalue weighted by atomic mass is 10.0. The number of aliphatic carboxylic acids is 1. The first-order chi connectivity index (χ1) is 15.0. The fraction of sp³-hybridized carbons (Fsp3) is 0.300. The molecule has 0 unspecified atom stereocenters. The molecule has 0 bridgehead atoms. The number of anilines is 1. The van der Waals surface area contributed by atoms with Gasteiger partial charge in [0, 0.05) is 18.3 Å². The summed E-state index contributed by atoms with van der Waals surface area (Å²) in [7, 11) is 0. The smallest absolute Gasteiger partial charge is 0.475 e. The van der Waals surface area contributed by atoms with E-state index in [4.69, 9.17) is 15.6 Å². The van der Waals surface area contributed by atoms with Gasteiger partial charge in [-0.2, -0.15) is 18.3 Å². The number of carbonyl (C=O) groups excluding carboxylic acids is 2. The number of nitrogens with one attached hydrogen (secondary N) is 3. The standard InChI is InChI=1S/C18H23N5O2.C2HF3O2/c1-13(19)18(25)23-15(8-7-14-5-3-2-4-6-14)9-10-17(24)22-16-11-20-21-12-16;3-2(4,5)1(6)7/h2-6,9-13,15H,7-8,19H2,1H3,(H,20,21)(H,22,24)(H,23,25);(H,6,7)/t13-,15-;/m0./s1. The Morgan fingerprint density at radius 2 is 1.88 bits per heavy atom. The van der Waals surface area contributed by atoms with E-state index in [-0.39, 0.29) is 17.9 Å². The van der Waals surface area contributed by atoms with Crippen LogP contribution < -0.4 is 16.4 Å². The number of nitrogens with zero attached hydrogens (tertiary/aromatic N) is 1. The van der Waals surface area contributed by atoms with Crippen LogP contribution in [0.15, 0.2) is 54.9 Å². The third kappa shape index (κ3) is 10.9. The number of carbonyl (C=O) groups is 3. The summed E-state index contributed by atoms with van der Waals surface area (Å²) in [6.45, 7) is 1.62. The van der Waals surface area contributed by atoms with Gasteiger partial charge in [-0.1, -0.05) is 36.4 Å². The predicted molar refractivity (Wildman–Crippen MR) is 110 cm³/mol. The number of aromatic amines is 1. The molecular weight excluding hydrogens is 431 g/mol. The topological polar surface area (TPSA) is 150 Å². The Morgan fingerprint density at radius 1 is 1.25 bits per heavy atom. The maximum absolute atomic E-state index is 11.9. The summed E-state index contributed by atoms with van der Waals surface area (Å²) in [6.07, 6.45) is 2.53. The summed E-state index contributed by atoms with van der Waals surface area (Å²) in [5, 5.41) is 19.0. The number of nitrogens with two attached hydrogens (primary N) is 1. The summed E-state index contributed by atoms with van der Waals surface area (Å²) in [6, 6.07) is 9.07. The first-order valence-electron chi connectivity index (χ1n) is 9.37. The number of aromatic nitrogens is 2. The Balaban J connectivity index is 0.000000633. The van der Waals surface area contributed by atoms with Crippen molar-refractivity contribution in [3.05, 3.63) is 60.4 Å². The highest BCUT2D eigenvalue weighted by atomic mass is 19.4. The van der Waals surface area contributed by atoms with E-state index in [1.54, 1.807) is 19.2 Å². The van der Waals surface area contributed by atoms with Crippen molar-refractivity contribution in [3.63, 3.8) is 0 Å². The second-order valence-corrected chi connectivity index (χ2v) is 6.57. The molecule has 0 aliphatic rings. The summed E-state index contributed by atoms with van der Waals surface area (Å²) in [4.78, 5) is 32.7. The van der Waals surface area contributed by atoms with E-state index < -0.39 is 18.2 Å². The van der Waals surface area contributed by atoms with Crippen molar-refractivity contribution in [2.75, 3.05) is 5.32 Å². The fourth-order valence-electron chi connectivity index (χ4n) is 2.20. The first-order valence-corrected chi connectivity index (χ1v) is 9.37. The number of carboxylic acids is 1. The quantitative estimate of drug-likeness (QED) is 0.384. The molecule has 0 saturated carbocycles. The van der Waals surface area contributed by atoms with Crippen molar-refractivity contribution in [2.24, 2.45) is 5.73 Å². The number of halogens is 3. The summed E-state index contributed by atoms with van der Waals surface area (Å²) >= 11 is 0. The van der Waals surface area contributed by atoms with Gasteiger partial charge in [0.05, 0.1) is 17.9 Å². The number of H-pyrrole nitrogens is 1. The summed E-state index contributed by atoms with van der Waals surface area (Å²) in [5.74, 6) is -3.30. The van der Waals surface area contributed by atoms with Gasteiger partial charge in [0.15, 0.2) is 0 Å². The van der Waals surface area contributed by atoms with Gasteiger partial charge in [0.1, 0.15) is 0 Å². The molecule has 2 rings (SSSR count). The number of alkyl halides is 3. The number of benzene rings is 1. The maximum Gasteiger partial charge on any atom is 0.490 e.